The highest BCUT2D eigenvalue weighted by molar-refractivity contribution is 7.89. The number of carboxylic acids is 1. The molecule has 0 radical (unpaired) electrons. The van der Waals surface area contributed by atoms with E-state index in [4.69, 9.17) is 5.11 Å². The molecule has 1 aliphatic rings. The minimum atomic E-state index is -3.82. The maximum Gasteiger partial charge on any atom is 0.340 e. The highest BCUT2D eigenvalue weighted by Gasteiger charge is 2.28. The molecule has 0 amide bonds. The molecular formula is C9H13N3O4S. The predicted octanol–water partition coefficient (Wildman–Crippen LogP) is 0.329. The lowest BCUT2D eigenvalue weighted by Crippen LogP contribution is -2.33. The Morgan fingerprint density at radius 1 is 1.47 bits per heavy atom. The summed E-state index contributed by atoms with van der Waals surface area (Å²) in [7, 11) is -3.82. The third-order valence-electron chi connectivity index (χ3n) is 2.78. The molecule has 0 aliphatic heterocycles. The van der Waals surface area contributed by atoms with E-state index in [0.717, 1.165) is 31.9 Å². The monoisotopic (exact) mass is 259 g/mol. The van der Waals surface area contributed by atoms with Crippen LogP contribution in [0.1, 0.15) is 36.0 Å². The molecular weight excluding hydrogens is 246 g/mol. The van der Waals surface area contributed by atoms with Crippen molar-refractivity contribution < 1.29 is 18.3 Å². The fourth-order valence-electron chi connectivity index (χ4n) is 1.95. The molecule has 1 aromatic heterocycles. The summed E-state index contributed by atoms with van der Waals surface area (Å²) in [5, 5.41) is 14.1. The largest absolute Gasteiger partial charge is 0.478 e. The fourth-order valence-corrected chi connectivity index (χ4v) is 3.35. The molecule has 2 rings (SSSR count). The third kappa shape index (κ3) is 2.47. The van der Waals surface area contributed by atoms with Gasteiger partial charge in [-0.3, -0.25) is 5.10 Å². The molecule has 1 saturated carbocycles. The number of carboxylic acid groups (broad SMARTS) is 1. The molecule has 0 spiro atoms. The lowest BCUT2D eigenvalue weighted by molar-refractivity contribution is 0.0692. The average Bonchev–Trinajstić information content (AvgIpc) is 2.84. The molecule has 1 aliphatic carbocycles. The van der Waals surface area contributed by atoms with Gasteiger partial charge in [-0.15, -0.1) is 0 Å². The molecule has 0 bridgehead atoms. The highest BCUT2D eigenvalue weighted by atomic mass is 32.2. The van der Waals surface area contributed by atoms with Gasteiger partial charge in [0.15, 0.2) is 5.03 Å². The van der Waals surface area contributed by atoms with Crippen molar-refractivity contribution in [2.24, 2.45) is 0 Å². The molecule has 7 nitrogen and oxygen atoms in total. The van der Waals surface area contributed by atoms with Crippen LogP contribution in [0, 0.1) is 0 Å². The van der Waals surface area contributed by atoms with Crippen LogP contribution in [-0.2, 0) is 10.0 Å². The summed E-state index contributed by atoms with van der Waals surface area (Å²) in [5.41, 5.74) is -0.338. The Labute approximate surface area is 98.3 Å². The molecule has 8 heteroatoms. The van der Waals surface area contributed by atoms with Crippen LogP contribution in [0.2, 0.25) is 0 Å². The van der Waals surface area contributed by atoms with Crippen LogP contribution in [-0.4, -0.2) is 35.7 Å². The van der Waals surface area contributed by atoms with E-state index in [2.05, 4.69) is 14.9 Å². The van der Waals surface area contributed by atoms with Crippen LogP contribution in [0.15, 0.2) is 11.2 Å². The number of hydrogen-bond acceptors (Lipinski definition) is 4. The van der Waals surface area contributed by atoms with Gasteiger partial charge in [-0.1, -0.05) is 12.8 Å². The molecule has 1 heterocycles. The molecule has 0 saturated heterocycles. The Kier molecular flexibility index (Phi) is 3.16. The van der Waals surface area contributed by atoms with Gasteiger partial charge in [0.25, 0.3) is 10.0 Å². The quantitative estimate of drug-likeness (QED) is 0.721. The van der Waals surface area contributed by atoms with Crippen molar-refractivity contribution in [1.29, 1.82) is 0 Å². The smallest absolute Gasteiger partial charge is 0.340 e. The Morgan fingerprint density at radius 3 is 2.71 bits per heavy atom. The summed E-state index contributed by atoms with van der Waals surface area (Å²) in [6, 6.07) is -0.107. The van der Waals surface area contributed by atoms with Crippen LogP contribution < -0.4 is 4.72 Å². The van der Waals surface area contributed by atoms with Crippen molar-refractivity contribution in [3.8, 4) is 0 Å². The Hall–Kier alpha value is -1.41. The number of rotatable bonds is 4. The molecule has 0 aromatic carbocycles. The molecule has 0 atom stereocenters. The Balaban J connectivity index is 2.24. The summed E-state index contributed by atoms with van der Waals surface area (Å²) < 4.78 is 26.3. The van der Waals surface area contributed by atoms with Gasteiger partial charge in [0.05, 0.1) is 6.20 Å². The Morgan fingerprint density at radius 2 is 2.12 bits per heavy atom. The van der Waals surface area contributed by atoms with Gasteiger partial charge in [-0.25, -0.2) is 17.9 Å². The van der Waals surface area contributed by atoms with Crippen molar-refractivity contribution >= 4 is 16.0 Å². The van der Waals surface area contributed by atoms with Gasteiger partial charge in [0.2, 0.25) is 0 Å². The number of aromatic nitrogens is 2. The van der Waals surface area contributed by atoms with Crippen LogP contribution in [0.3, 0.4) is 0 Å². The van der Waals surface area contributed by atoms with Crippen molar-refractivity contribution in [3.63, 3.8) is 0 Å². The van der Waals surface area contributed by atoms with Gasteiger partial charge >= 0.3 is 5.97 Å². The first kappa shape index (κ1) is 12.1. The van der Waals surface area contributed by atoms with Gasteiger partial charge in [0.1, 0.15) is 5.56 Å². The van der Waals surface area contributed by atoms with Gasteiger partial charge < -0.3 is 5.11 Å². The fraction of sp³-hybridized carbons (Fsp3) is 0.556. The topological polar surface area (TPSA) is 112 Å². The number of sulfonamides is 1. The lowest BCUT2D eigenvalue weighted by atomic mass is 10.3. The number of carbonyl (C=O) groups is 1. The summed E-state index contributed by atoms with van der Waals surface area (Å²) in [6.07, 6.45) is 4.54. The second-order valence-electron chi connectivity index (χ2n) is 4.02. The first-order chi connectivity index (χ1) is 8.00. The predicted molar refractivity (Wildman–Crippen MR) is 58.1 cm³/mol. The van der Waals surface area contributed by atoms with Crippen LogP contribution >= 0.6 is 0 Å². The SMILES string of the molecule is O=C(O)c1cn[nH]c1S(=O)(=O)NC1CCCC1. The Bertz CT molecular complexity index is 516. The summed E-state index contributed by atoms with van der Waals surface area (Å²) in [6.45, 7) is 0. The molecule has 1 fully saturated rings. The average molecular weight is 259 g/mol. The van der Waals surface area contributed by atoms with E-state index in [9.17, 15) is 13.2 Å². The maximum absolute atomic E-state index is 11.9. The van der Waals surface area contributed by atoms with Gasteiger partial charge in [-0.05, 0) is 12.8 Å². The minimum absolute atomic E-state index is 0.107. The normalized spacial score (nSPS) is 17.4. The van der Waals surface area contributed by atoms with E-state index in [0.29, 0.717) is 0 Å². The highest BCUT2D eigenvalue weighted by Crippen LogP contribution is 2.20. The molecule has 3 N–H and O–H groups in total. The zero-order chi connectivity index (χ0) is 12.5. The number of nitrogens with one attached hydrogen (secondary N) is 2. The third-order valence-corrected chi connectivity index (χ3v) is 4.27. The molecule has 17 heavy (non-hydrogen) atoms. The lowest BCUT2D eigenvalue weighted by Gasteiger charge is -2.11. The number of aromatic amines is 1. The second kappa shape index (κ2) is 4.46. The first-order valence-electron chi connectivity index (χ1n) is 5.29. The molecule has 1 aromatic rings. The van der Waals surface area contributed by atoms with Crippen molar-refractivity contribution in [2.45, 2.75) is 36.8 Å². The summed E-state index contributed by atoms with van der Waals surface area (Å²) >= 11 is 0. The standard InChI is InChI=1S/C9H13N3O4S/c13-9(14)7-5-10-11-8(7)17(15,16)12-6-3-1-2-4-6/h5-6,12H,1-4H2,(H,10,11)(H,13,14). The van der Waals surface area contributed by atoms with E-state index in [1.165, 1.54) is 0 Å². The number of aromatic carboxylic acids is 1. The maximum atomic E-state index is 11.9. The molecule has 94 valence electrons. The van der Waals surface area contributed by atoms with Gasteiger partial charge in [-0.2, -0.15) is 5.10 Å². The minimum Gasteiger partial charge on any atom is -0.478 e. The number of nitrogens with zero attached hydrogens (tertiary/aromatic N) is 1. The zero-order valence-electron chi connectivity index (χ0n) is 9.01. The zero-order valence-corrected chi connectivity index (χ0v) is 9.83. The van der Waals surface area contributed by atoms with E-state index in [1.54, 1.807) is 0 Å². The van der Waals surface area contributed by atoms with Crippen LogP contribution in [0.25, 0.3) is 0 Å². The van der Waals surface area contributed by atoms with E-state index in [-0.39, 0.29) is 16.6 Å². The van der Waals surface area contributed by atoms with Crippen molar-refractivity contribution in [3.05, 3.63) is 11.8 Å². The number of hydrogen-bond donors (Lipinski definition) is 3. The van der Waals surface area contributed by atoms with E-state index < -0.39 is 16.0 Å². The van der Waals surface area contributed by atoms with Crippen molar-refractivity contribution in [2.75, 3.05) is 0 Å². The summed E-state index contributed by atoms with van der Waals surface area (Å²) in [5.74, 6) is -1.31. The molecule has 0 unspecified atom stereocenters. The second-order valence-corrected chi connectivity index (χ2v) is 5.67. The first-order valence-corrected chi connectivity index (χ1v) is 6.78. The van der Waals surface area contributed by atoms with Gasteiger partial charge in [0, 0.05) is 6.04 Å². The van der Waals surface area contributed by atoms with E-state index in [1.807, 2.05) is 0 Å². The number of H-pyrrole nitrogens is 1. The van der Waals surface area contributed by atoms with Crippen molar-refractivity contribution in [1.82, 2.24) is 14.9 Å². The van der Waals surface area contributed by atoms with E-state index >= 15 is 0 Å². The van der Waals surface area contributed by atoms with Crippen LogP contribution in [0.4, 0.5) is 0 Å². The van der Waals surface area contributed by atoms with Crippen LogP contribution in [0.5, 0.6) is 0 Å². The summed E-state index contributed by atoms with van der Waals surface area (Å²) in [4.78, 5) is 10.8.